The van der Waals surface area contributed by atoms with E-state index in [0.29, 0.717) is 18.8 Å². The quantitative estimate of drug-likeness (QED) is 0.729. The minimum Gasteiger partial charge on any atom is -0.494 e. The van der Waals surface area contributed by atoms with Crippen LogP contribution in [0.5, 0.6) is 5.75 Å². The van der Waals surface area contributed by atoms with Gasteiger partial charge in [0.15, 0.2) is 0 Å². The molecule has 0 heterocycles. The van der Waals surface area contributed by atoms with Crippen LogP contribution in [0.1, 0.15) is 40.0 Å². The maximum absolute atomic E-state index is 5.43. The average Bonchev–Trinajstić information content (AvgIpc) is 2.42. The van der Waals surface area contributed by atoms with Crippen LogP contribution in [0.15, 0.2) is 24.3 Å². The summed E-state index contributed by atoms with van der Waals surface area (Å²) in [6, 6.07) is 8.58. The van der Waals surface area contributed by atoms with Crippen molar-refractivity contribution < 1.29 is 9.47 Å². The molecule has 0 radical (unpaired) electrons. The van der Waals surface area contributed by atoms with Gasteiger partial charge >= 0.3 is 0 Å². The summed E-state index contributed by atoms with van der Waals surface area (Å²) in [5, 5.41) is 3.50. The Labute approximate surface area is 117 Å². The Morgan fingerprint density at radius 1 is 1.11 bits per heavy atom. The molecule has 0 spiro atoms. The molecule has 1 rings (SSSR count). The fourth-order valence-electron chi connectivity index (χ4n) is 2.10. The summed E-state index contributed by atoms with van der Waals surface area (Å²) < 4.78 is 10.8. The average molecular weight is 265 g/mol. The molecule has 0 aromatic heterocycles. The molecule has 0 saturated heterocycles. The number of nitrogens with one attached hydrogen (secondary N) is 1. The molecule has 0 fully saturated rings. The molecule has 19 heavy (non-hydrogen) atoms. The molecule has 0 aliphatic rings. The van der Waals surface area contributed by atoms with Gasteiger partial charge in [0.1, 0.15) is 5.75 Å². The summed E-state index contributed by atoms with van der Waals surface area (Å²) in [4.78, 5) is 0. The number of rotatable bonds is 9. The van der Waals surface area contributed by atoms with Crippen molar-refractivity contribution in [3.63, 3.8) is 0 Å². The highest BCUT2D eigenvalue weighted by atomic mass is 16.5. The summed E-state index contributed by atoms with van der Waals surface area (Å²) in [7, 11) is 1.79. The second kappa shape index (κ2) is 8.81. The standard InChI is InChI=1S/C16H27NO2/c1-5-15(18-4)10-7-13(3)17-14-8-11-16(12-9-14)19-6-2/h8-9,11-13,15,17H,5-7,10H2,1-4H3. The van der Waals surface area contributed by atoms with Crippen LogP contribution < -0.4 is 10.1 Å². The molecule has 0 aliphatic carbocycles. The summed E-state index contributed by atoms with van der Waals surface area (Å²) in [5.41, 5.74) is 1.14. The lowest BCUT2D eigenvalue weighted by Crippen LogP contribution is -2.19. The van der Waals surface area contributed by atoms with Gasteiger partial charge in [-0.2, -0.15) is 0 Å². The molecule has 0 saturated carbocycles. The van der Waals surface area contributed by atoms with E-state index in [4.69, 9.17) is 9.47 Å². The first-order chi connectivity index (χ1) is 9.19. The number of hydrogen-bond acceptors (Lipinski definition) is 3. The number of hydrogen-bond donors (Lipinski definition) is 1. The van der Waals surface area contributed by atoms with Crippen LogP contribution >= 0.6 is 0 Å². The maximum atomic E-state index is 5.43. The van der Waals surface area contributed by atoms with E-state index in [9.17, 15) is 0 Å². The van der Waals surface area contributed by atoms with E-state index in [0.717, 1.165) is 30.7 Å². The summed E-state index contributed by atoms with van der Waals surface area (Å²) in [6.45, 7) is 7.07. The zero-order valence-corrected chi connectivity index (χ0v) is 12.6. The number of methoxy groups -OCH3 is 1. The van der Waals surface area contributed by atoms with Crippen LogP contribution in [0.4, 0.5) is 5.69 Å². The molecular formula is C16H27NO2. The van der Waals surface area contributed by atoms with Crippen LogP contribution in [0.25, 0.3) is 0 Å². The molecule has 1 aromatic rings. The fourth-order valence-corrected chi connectivity index (χ4v) is 2.10. The van der Waals surface area contributed by atoms with E-state index in [1.165, 1.54) is 0 Å². The van der Waals surface area contributed by atoms with Crippen molar-refractivity contribution in [3.05, 3.63) is 24.3 Å². The van der Waals surface area contributed by atoms with Gasteiger partial charge in [0, 0.05) is 18.8 Å². The molecule has 3 nitrogen and oxygen atoms in total. The van der Waals surface area contributed by atoms with Crippen LogP contribution in [-0.2, 0) is 4.74 Å². The van der Waals surface area contributed by atoms with Crippen LogP contribution in [-0.4, -0.2) is 25.9 Å². The highest BCUT2D eigenvalue weighted by Gasteiger charge is 2.08. The number of ether oxygens (including phenoxy) is 2. The van der Waals surface area contributed by atoms with Gasteiger partial charge in [-0.15, -0.1) is 0 Å². The second-order valence-electron chi connectivity index (χ2n) is 4.85. The van der Waals surface area contributed by atoms with Gasteiger partial charge in [0.05, 0.1) is 12.7 Å². The van der Waals surface area contributed by atoms with Crippen molar-refractivity contribution in [3.8, 4) is 5.75 Å². The van der Waals surface area contributed by atoms with Crippen molar-refractivity contribution in [1.29, 1.82) is 0 Å². The first-order valence-electron chi connectivity index (χ1n) is 7.21. The Bertz CT molecular complexity index is 333. The minimum atomic E-state index is 0.379. The van der Waals surface area contributed by atoms with Gasteiger partial charge in [-0.1, -0.05) is 6.92 Å². The van der Waals surface area contributed by atoms with Gasteiger partial charge in [-0.05, 0) is 57.4 Å². The monoisotopic (exact) mass is 265 g/mol. The Morgan fingerprint density at radius 3 is 2.32 bits per heavy atom. The largest absolute Gasteiger partial charge is 0.494 e. The molecule has 108 valence electrons. The predicted molar refractivity (Wildman–Crippen MR) is 81.0 cm³/mol. The third kappa shape index (κ3) is 5.97. The Morgan fingerprint density at radius 2 is 1.79 bits per heavy atom. The first kappa shape index (κ1) is 15.8. The van der Waals surface area contributed by atoms with Gasteiger partial charge in [-0.3, -0.25) is 0 Å². The van der Waals surface area contributed by atoms with Crippen molar-refractivity contribution in [2.75, 3.05) is 19.0 Å². The molecule has 2 unspecified atom stereocenters. The molecule has 1 aromatic carbocycles. The van der Waals surface area contributed by atoms with Gasteiger partial charge < -0.3 is 14.8 Å². The van der Waals surface area contributed by atoms with Crippen molar-refractivity contribution in [2.24, 2.45) is 0 Å². The summed E-state index contributed by atoms with van der Waals surface area (Å²) in [5.74, 6) is 0.922. The van der Waals surface area contributed by atoms with Crippen LogP contribution in [0.3, 0.4) is 0 Å². The molecular weight excluding hydrogens is 238 g/mol. The predicted octanol–water partition coefficient (Wildman–Crippen LogP) is 4.09. The van der Waals surface area contributed by atoms with Crippen molar-refractivity contribution >= 4 is 5.69 Å². The van der Waals surface area contributed by atoms with E-state index < -0.39 is 0 Å². The van der Waals surface area contributed by atoms with Crippen LogP contribution in [0, 0.1) is 0 Å². The highest BCUT2D eigenvalue weighted by molar-refractivity contribution is 5.46. The third-order valence-corrected chi connectivity index (χ3v) is 3.29. The van der Waals surface area contributed by atoms with Crippen molar-refractivity contribution in [1.82, 2.24) is 0 Å². The molecule has 0 amide bonds. The maximum Gasteiger partial charge on any atom is 0.119 e. The van der Waals surface area contributed by atoms with Gasteiger partial charge in [0.25, 0.3) is 0 Å². The lowest BCUT2D eigenvalue weighted by molar-refractivity contribution is 0.0895. The first-order valence-corrected chi connectivity index (χ1v) is 7.21. The molecule has 1 N–H and O–H groups in total. The van der Waals surface area contributed by atoms with Gasteiger partial charge in [0.2, 0.25) is 0 Å². The number of benzene rings is 1. The second-order valence-corrected chi connectivity index (χ2v) is 4.85. The molecule has 0 bridgehead atoms. The summed E-state index contributed by atoms with van der Waals surface area (Å²) >= 11 is 0. The molecule has 2 atom stereocenters. The lowest BCUT2D eigenvalue weighted by atomic mass is 10.1. The minimum absolute atomic E-state index is 0.379. The number of anilines is 1. The topological polar surface area (TPSA) is 30.5 Å². The Hall–Kier alpha value is -1.22. The molecule has 3 heteroatoms. The lowest BCUT2D eigenvalue weighted by Gasteiger charge is -2.19. The smallest absolute Gasteiger partial charge is 0.119 e. The van der Waals surface area contributed by atoms with Crippen LogP contribution in [0.2, 0.25) is 0 Å². The Kier molecular flexibility index (Phi) is 7.34. The van der Waals surface area contributed by atoms with Gasteiger partial charge in [-0.25, -0.2) is 0 Å². The normalized spacial score (nSPS) is 13.9. The van der Waals surface area contributed by atoms with E-state index in [1.54, 1.807) is 7.11 Å². The summed E-state index contributed by atoms with van der Waals surface area (Å²) in [6.07, 6.45) is 3.66. The zero-order valence-electron chi connectivity index (χ0n) is 12.6. The Balaban J connectivity index is 2.37. The van der Waals surface area contributed by atoms with E-state index in [2.05, 4.69) is 31.3 Å². The van der Waals surface area contributed by atoms with E-state index in [-0.39, 0.29) is 0 Å². The molecule has 0 aliphatic heterocycles. The fraction of sp³-hybridized carbons (Fsp3) is 0.625. The third-order valence-electron chi connectivity index (χ3n) is 3.29. The van der Waals surface area contributed by atoms with Crippen molar-refractivity contribution in [2.45, 2.75) is 52.2 Å². The van der Waals surface area contributed by atoms with E-state index >= 15 is 0 Å². The van der Waals surface area contributed by atoms with E-state index in [1.807, 2.05) is 19.1 Å². The zero-order chi connectivity index (χ0) is 14.1. The SMILES string of the molecule is CCOc1ccc(NC(C)CCC(CC)OC)cc1. The highest BCUT2D eigenvalue weighted by Crippen LogP contribution is 2.18.